The van der Waals surface area contributed by atoms with Gasteiger partial charge in [-0.2, -0.15) is 30.3 Å². The van der Waals surface area contributed by atoms with Crippen molar-refractivity contribution in [3.05, 3.63) is 115 Å². The van der Waals surface area contributed by atoms with E-state index >= 15 is 0 Å². The predicted octanol–water partition coefficient (Wildman–Crippen LogP) is 2.95. The van der Waals surface area contributed by atoms with Crippen LogP contribution < -0.4 is 28.3 Å². The summed E-state index contributed by atoms with van der Waals surface area (Å²) >= 11 is -0.106. The molecule has 0 saturated heterocycles. The van der Waals surface area contributed by atoms with Gasteiger partial charge >= 0.3 is 52.1 Å². The normalized spacial score (nSPS) is 9.11. The van der Waals surface area contributed by atoms with Crippen LogP contribution in [-0.4, -0.2) is 0 Å². The Hall–Kier alpha value is -0.378. The summed E-state index contributed by atoms with van der Waals surface area (Å²) in [5.74, 6) is 0. The number of halogens is 3. The summed E-state index contributed by atoms with van der Waals surface area (Å²) in [6.45, 7) is 0. The Morgan fingerprint density at radius 1 is 0.679 bits per heavy atom. The van der Waals surface area contributed by atoms with Crippen molar-refractivity contribution in [1.29, 1.82) is 0 Å². The van der Waals surface area contributed by atoms with Gasteiger partial charge in [0.25, 0.3) is 0 Å². The van der Waals surface area contributed by atoms with E-state index in [-0.39, 0.29) is 45.4 Å². The smallest absolute Gasteiger partial charge is 0.214 e. The molecule has 151 valence electrons. The summed E-state index contributed by atoms with van der Waals surface area (Å²) in [6, 6.07) is 40.2. The molecule has 0 unspecified atom stereocenters. The molecule has 0 aliphatic heterocycles. The predicted molar refractivity (Wildman–Crippen MR) is 114 cm³/mol. The van der Waals surface area contributed by atoms with Crippen molar-refractivity contribution in [1.82, 2.24) is 0 Å². The molecule has 0 saturated carbocycles. The molecule has 0 N–H and O–H groups in total. The Bertz CT molecular complexity index is 738. The van der Waals surface area contributed by atoms with Gasteiger partial charge < -0.3 is 12.4 Å². The Morgan fingerprint density at radius 3 is 1.39 bits per heavy atom. The Morgan fingerprint density at radius 2 is 1.07 bits per heavy atom. The molecule has 0 radical (unpaired) electrons. The maximum absolute atomic E-state index is 4.81. The van der Waals surface area contributed by atoms with E-state index in [1.807, 2.05) is 30.3 Å². The Labute approximate surface area is 202 Å². The van der Waals surface area contributed by atoms with Gasteiger partial charge in [0, 0.05) is 0 Å². The number of benzene rings is 2. The molecule has 0 nitrogen and oxygen atoms in total. The first kappa shape index (κ1) is 27.6. The minimum atomic E-state index is -0.409. The van der Waals surface area contributed by atoms with Gasteiger partial charge in [0.2, 0.25) is 0 Å². The molecule has 0 atom stereocenters. The van der Waals surface area contributed by atoms with Gasteiger partial charge in [-0.3, -0.25) is 0 Å². The second-order valence-electron chi connectivity index (χ2n) is 5.16. The molecule has 4 aromatic rings. The molecule has 0 fully saturated rings. The van der Waals surface area contributed by atoms with E-state index in [0.717, 1.165) is 0 Å². The van der Waals surface area contributed by atoms with Gasteiger partial charge in [0.05, 0.1) is 0 Å². The van der Waals surface area contributed by atoms with Crippen molar-refractivity contribution in [2.75, 3.05) is 0 Å². The van der Waals surface area contributed by atoms with Gasteiger partial charge in [0.15, 0.2) is 0 Å². The Kier molecular flexibility index (Phi) is 17.2. The second kappa shape index (κ2) is 17.5. The zero-order valence-electron chi connectivity index (χ0n) is 14.7. The Balaban J connectivity index is 0.000000620. The third-order valence-corrected chi connectivity index (χ3v) is 5.93. The maximum Gasteiger partial charge on any atom is 2.00 e. The molecule has 4 aromatic carbocycles. The van der Waals surface area contributed by atoms with Gasteiger partial charge in [-0.05, 0) is 10.6 Å². The summed E-state index contributed by atoms with van der Waals surface area (Å²) in [5.41, 5.74) is 0. The van der Waals surface area contributed by atoms with Crippen LogP contribution in [0, 0.1) is 0 Å². The van der Waals surface area contributed by atoms with Crippen LogP contribution in [0.3, 0.4) is 0 Å². The fourth-order valence-electron chi connectivity index (χ4n) is 2.44. The van der Waals surface area contributed by atoms with Crippen molar-refractivity contribution in [2.45, 2.75) is 0 Å². The summed E-state index contributed by atoms with van der Waals surface area (Å²) < 4.78 is 0. The quantitative estimate of drug-likeness (QED) is 0.198. The molecule has 6 heteroatoms. The number of hydrogen-bond donors (Lipinski definition) is 0. The van der Waals surface area contributed by atoms with Crippen molar-refractivity contribution in [3.8, 4) is 0 Å². The first-order valence-electron chi connectivity index (χ1n) is 7.98. The monoisotopic (exact) mass is 581 g/mol. The molecule has 0 amide bonds. The van der Waals surface area contributed by atoms with E-state index in [2.05, 4.69) is 84.9 Å². The van der Waals surface area contributed by atoms with E-state index in [0.29, 0.717) is 0 Å². The summed E-state index contributed by atoms with van der Waals surface area (Å²) in [5, 5.41) is 4.23. The summed E-state index contributed by atoms with van der Waals surface area (Å²) in [4.78, 5) is 0. The van der Waals surface area contributed by atoms with E-state index in [4.69, 9.17) is 19.1 Å². The first-order chi connectivity index (χ1) is 12.9. The summed E-state index contributed by atoms with van der Waals surface area (Å²) in [7, 11) is 9.22. The molecule has 0 aliphatic rings. The third-order valence-electron chi connectivity index (χ3n) is 3.49. The average Bonchev–Trinajstić information content (AvgIpc) is 3.42. The van der Waals surface area contributed by atoms with Crippen LogP contribution >= 0.6 is 27.0 Å². The largest absolute Gasteiger partial charge is 2.00 e. The van der Waals surface area contributed by atoms with Gasteiger partial charge in [-0.1, -0.05) is 68.6 Å². The number of rotatable bonds is 3. The topological polar surface area (TPSA) is 0 Å². The van der Waals surface area contributed by atoms with Crippen molar-refractivity contribution in [2.24, 2.45) is 0 Å². The van der Waals surface area contributed by atoms with Crippen LogP contribution in [0.5, 0.6) is 0 Å². The minimum absolute atomic E-state index is 0. The zero-order chi connectivity index (χ0) is 18.5. The molecule has 4 rings (SSSR count). The van der Waals surface area contributed by atoms with Gasteiger partial charge in [-0.25, -0.2) is 24.3 Å². The van der Waals surface area contributed by atoms with Gasteiger partial charge in [0.1, 0.15) is 0 Å². The third kappa shape index (κ3) is 9.89. The standard InChI is InChI=1S/C17H14P.C5H5.3ClH.Fe.Pd/c1-3-9-15(10-4-1)18(17-13-7-8-14-17)16-11-5-2-6-12-16;1-2-4-5-3-1;;;;;/h1-14H;1-5H;3*1H;;/q2*-1;;;;+2;+3/p-3. The van der Waals surface area contributed by atoms with E-state index in [1.54, 1.807) is 0 Å². The van der Waals surface area contributed by atoms with Crippen LogP contribution in [-0.2, 0) is 33.0 Å². The molecule has 0 spiro atoms. The number of hydrogen-bond acceptors (Lipinski definition) is 0. The molecule has 0 aromatic heterocycles. The molecule has 0 heterocycles. The second-order valence-corrected chi connectivity index (χ2v) is 9.74. The minimum Gasteiger partial charge on any atom is -0.214 e. The fraction of sp³-hybridized carbons (Fsp3) is 0. The SMILES string of the molecule is [Cl-].[Cl][Pd+][Cl].[Fe+2].c1cc[cH-]c1.c1ccc(P(c2ccccc2)[c-]2cccc2)cc1. The maximum atomic E-state index is 4.81. The van der Waals surface area contributed by atoms with Crippen LogP contribution in [0.25, 0.3) is 0 Å². The van der Waals surface area contributed by atoms with Crippen molar-refractivity contribution in [3.63, 3.8) is 0 Å². The van der Waals surface area contributed by atoms with Crippen molar-refractivity contribution >= 4 is 42.9 Å². The molecule has 0 bridgehead atoms. The fourth-order valence-corrected chi connectivity index (χ4v) is 4.74. The van der Waals surface area contributed by atoms with Gasteiger partial charge in [-0.15, -0.1) is 5.30 Å². The molecular formula is C22H19Cl3FePPd. The average molecular weight is 583 g/mol. The molecule has 0 aliphatic carbocycles. The summed E-state index contributed by atoms with van der Waals surface area (Å²) in [6.07, 6.45) is 0. The van der Waals surface area contributed by atoms with E-state index in [9.17, 15) is 0 Å². The van der Waals surface area contributed by atoms with E-state index < -0.39 is 7.92 Å². The van der Waals surface area contributed by atoms with Crippen LogP contribution in [0.2, 0.25) is 0 Å². The van der Waals surface area contributed by atoms with E-state index in [1.165, 1.54) is 15.9 Å². The molecule has 28 heavy (non-hydrogen) atoms. The molecular weight excluding hydrogens is 564 g/mol. The van der Waals surface area contributed by atoms with Crippen LogP contribution in [0.15, 0.2) is 115 Å². The first-order valence-corrected chi connectivity index (χ1v) is 13.3. The zero-order valence-corrected chi connectivity index (χ0v) is 20.5. The van der Waals surface area contributed by atoms with Crippen LogP contribution in [0.4, 0.5) is 0 Å². The van der Waals surface area contributed by atoms with Crippen LogP contribution in [0.1, 0.15) is 0 Å². The van der Waals surface area contributed by atoms with Crippen molar-refractivity contribution < 1.29 is 45.4 Å².